The summed E-state index contributed by atoms with van der Waals surface area (Å²) in [5, 5.41) is 6.44. The summed E-state index contributed by atoms with van der Waals surface area (Å²) in [6.07, 6.45) is 1.07. The molecule has 1 aliphatic heterocycles. The predicted molar refractivity (Wildman–Crippen MR) is 71.8 cm³/mol. The molecule has 2 N–H and O–H groups in total. The Labute approximate surface area is 112 Å². The maximum atomic E-state index is 11.8. The van der Waals surface area contributed by atoms with E-state index in [0.29, 0.717) is 17.5 Å². The van der Waals surface area contributed by atoms with Crippen LogP contribution in [-0.2, 0) is 4.79 Å². The van der Waals surface area contributed by atoms with Crippen molar-refractivity contribution in [3.05, 3.63) is 23.4 Å². The fraction of sp³-hybridized carbons (Fsp3) is 0.500. The molecular weight excluding hydrogens is 252 g/mol. The van der Waals surface area contributed by atoms with Crippen molar-refractivity contribution in [1.29, 1.82) is 0 Å². The molecule has 1 saturated heterocycles. The average Bonchev–Trinajstić information content (AvgIpc) is 2.57. The van der Waals surface area contributed by atoms with Crippen LogP contribution in [0.15, 0.2) is 18.2 Å². The summed E-state index contributed by atoms with van der Waals surface area (Å²) in [4.78, 5) is 18.0. The minimum Gasteiger partial charge on any atom is -0.315 e. The molecule has 0 bridgehead atoms. The highest BCUT2D eigenvalue weighted by Gasteiger charge is 2.12. The van der Waals surface area contributed by atoms with Gasteiger partial charge in [-0.25, -0.2) is 4.98 Å². The molecule has 18 heavy (non-hydrogen) atoms. The van der Waals surface area contributed by atoms with E-state index in [4.69, 9.17) is 11.6 Å². The Kier molecular flexibility index (Phi) is 4.92. The third-order valence-corrected chi connectivity index (χ3v) is 2.99. The SMILES string of the molecule is O=C(CN1CCCNCC1)Nc1cccc(Cl)n1. The molecule has 0 saturated carbocycles. The molecule has 0 radical (unpaired) electrons. The van der Waals surface area contributed by atoms with Gasteiger partial charge in [0.25, 0.3) is 0 Å². The Morgan fingerprint density at radius 2 is 2.33 bits per heavy atom. The Balaban J connectivity index is 1.84. The number of pyridine rings is 1. The van der Waals surface area contributed by atoms with E-state index in [0.717, 1.165) is 32.6 Å². The van der Waals surface area contributed by atoms with E-state index in [1.165, 1.54) is 0 Å². The van der Waals surface area contributed by atoms with E-state index in [-0.39, 0.29) is 5.91 Å². The molecule has 0 aliphatic carbocycles. The summed E-state index contributed by atoms with van der Waals surface area (Å²) >= 11 is 5.76. The van der Waals surface area contributed by atoms with Crippen molar-refractivity contribution in [2.75, 3.05) is 38.0 Å². The van der Waals surface area contributed by atoms with Gasteiger partial charge in [-0.1, -0.05) is 17.7 Å². The zero-order valence-electron chi connectivity index (χ0n) is 10.2. The number of hydrogen-bond donors (Lipinski definition) is 2. The Morgan fingerprint density at radius 3 is 3.17 bits per heavy atom. The van der Waals surface area contributed by atoms with Crippen LogP contribution < -0.4 is 10.6 Å². The lowest BCUT2D eigenvalue weighted by Gasteiger charge is -2.18. The Bertz CT molecular complexity index is 405. The second kappa shape index (κ2) is 6.68. The van der Waals surface area contributed by atoms with Crippen LogP contribution in [0.1, 0.15) is 6.42 Å². The van der Waals surface area contributed by atoms with Crippen molar-refractivity contribution in [1.82, 2.24) is 15.2 Å². The number of anilines is 1. The van der Waals surface area contributed by atoms with Crippen molar-refractivity contribution in [2.45, 2.75) is 6.42 Å². The standard InChI is InChI=1S/C12H17ClN4O/c13-10-3-1-4-11(15-10)16-12(18)9-17-7-2-5-14-6-8-17/h1,3-4,14H,2,5-9H2,(H,15,16,18). The highest BCUT2D eigenvalue weighted by atomic mass is 35.5. The Morgan fingerprint density at radius 1 is 1.44 bits per heavy atom. The summed E-state index contributed by atoms with van der Waals surface area (Å²) in [6.45, 7) is 4.20. The van der Waals surface area contributed by atoms with E-state index >= 15 is 0 Å². The highest BCUT2D eigenvalue weighted by molar-refractivity contribution is 6.29. The minimum atomic E-state index is -0.0494. The van der Waals surface area contributed by atoms with Crippen LogP contribution in [0, 0.1) is 0 Å². The molecule has 98 valence electrons. The molecule has 1 aromatic heterocycles. The first-order valence-corrected chi connectivity index (χ1v) is 6.47. The molecule has 5 nitrogen and oxygen atoms in total. The molecule has 2 heterocycles. The number of amides is 1. The van der Waals surface area contributed by atoms with Crippen LogP contribution in [0.3, 0.4) is 0 Å². The van der Waals surface area contributed by atoms with E-state index in [2.05, 4.69) is 20.5 Å². The number of hydrogen-bond acceptors (Lipinski definition) is 4. The highest BCUT2D eigenvalue weighted by Crippen LogP contribution is 2.09. The Hall–Kier alpha value is -1.17. The van der Waals surface area contributed by atoms with Crippen LogP contribution in [0.25, 0.3) is 0 Å². The topological polar surface area (TPSA) is 57.3 Å². The molecule has 1 amide bonds. The van der Waals surface area contributed by atoms with Crippen LogP contribution >= 0.6 is 11.6 Å². The van der Waals surface area contributed by atoms with Crippen LogP contribution in [0.4, 0.5) is 5.82 Å². The van der Waals surface area contributed by atoms with Crippen LogP contribution in [0.5, 0.6) is 0 Å². The number of nitrogens with zero attached hydrogens (tertiary/aromatic N) is 2. The average molecular weight is 269 g/mol. The minimum absolute atomic E-state index is 0.0494. The summed E-state index contributed by atoms with van der Waals surface area (Å²) < 4.78 is 0. The van der Waals surface area contributed by atoms with Crippen molar-refractivity contribution in [2.24, 2.45) is 0 Å². The summed E-state index contributed by atoms with van der Waals surface area (Å²) in [5.41, 5.74) is 0. The molecule has 0 aromatic carbocycles. The van der Waals surface area contributed by atoms with E-state index in [1.54, 1.807) is 18.2 Å². The number of aromatic nitrogens is 1. The van der Waals surface area contributed by atoms with Crippen LogP contribution in [-0.4, -0.2) is 48.5 Å². The lowest BCUT2D eigenvalue weighted by molar-refractivity contribution is -0.117. The maximum Gasteiger partial charge on any atom is 0.239 e. The largest absolute Gasteiger partial charge is 0.315 e. The van der Waals surface area contributed by atoms with Gasteiger partial charge in [-0.3, -0.25) is 9.69 Å². The summed E-state index contributed by atoms with van der Waals surface area (Å²) in [6, 6.07) is 5.17. The second-order valence-electron chi connectivity index (χ2n) is 4.27. The lowest BCUT2D eigenvalue weighted by Crippen LogP contribution is -2.35. The number of halogens is 1. The zero-order valence-corrected chi connectivity index (χ0v) is 10.9. The van der Waals surface area contributed by atoms with Gasteiger partial charge >= 0.3 is 0 Å². The fourth-order valence-electron chi connectivity index (χ4n) is 1.92. The van der Waals surface area contributed by atoms with Gasteiger partial charge in [0.2, 0.25) is 5.91 Å². The second-order valence-corrected chi connectivity index (χ2v) is 4.66. The van der Waals surface area contributed by atoms with E-state index in [9.17, 15) is 4.79 Å². The third-order valence-electron chi connectivity index (χ3n) is 2.78. The number of nitrogens with one attached hydrogen (secondary N) is 2. The van der Waals surface area contributed by atoms with Gasteiger partial charge in [0, 0.05) is 13.1 Å². The smallest absolute Gasteiger partial charge is 0.239 e. The van der Waals surface area contributed by atoms with Gasteiger partial charge in [-0.05, 0) is 31.6 Å². The molecule has 2 rings (SSSR count). The van der Waals surface area contributed by atoms with Crippen LogP contribution in [0.2, 0.25) is 5.15 Å². The molecule has 0 atom stereocenters. The molecule has 1 aliphatic rings. The quantitative estimate of drug-likeness (QED) is 0.802. The molecule has 6 heteroatoms. The van der Waals surface area contributed by atoms with Gasteiger partial charge in [0.1, 0.15) is 11.0 Å². The predicted octanol–water partition coefficient (Wildman–Crippen LogP) is 0.969. The van der Waals surface area contributed by atoms with E-state index in [1.807, 2.05) is 0 Å². The number of carbonyl (C=O) groups excluding carboxylic acids is 1. The molecular formula is C12H17ClN4O. The first-order valence-electron chi connectivity index (χ1n) is 6.09. The third kappa shape index (κ3) is 4.25. The number of carbonyl (C=O) groups is 1. The molecule has 0 unspecified atom stereocenters. The number of rotatable bonds is 3. The van der Waals surface area contributed by atoms with Crippen molar-refractivity contribution < 1.29 is 4.79 Å². The normalized spacial score (nSPS) is 17.2. The molecule has 1 fully saturated rings. The first kappa shape index (κ1) is 13.3. The monoisotopic (exact) mass is 268 g/mol. The summed E-state index contributed by atoms with van der Waals surface area (Å²) in [5.74, 6) is 0.451. The van der Waals surface area contributed by atoms with E-state index < -0.39 is 0 Å². The van der Waals surface area contributed by atoms with Gasteiger partial charge in [-0.15, -0.1) is 0 Å². The van der Waals surface area contributed by atoms with Gasteiger partial charge in [0.15, 0.2) is 0 Å². The molecule has 1 aromatic rings. The summed E-state index contributed by atoms with van der Waals surface area (Å²) in [7, 11) is 0. The van der Waals surface area contributed by atoms with Crippen molar-refractivity contribution in [3.8, 4) is 0 Å². The van der Waals surface area contributed by atoms with Crippen molar-refractivity contribution in [3.63, 3.8) is 0 Å². The molecule has 0 spiro atoms. The maximum absolute atomic E-state index is 11.8. The van der Waals surface area contributed by atoms with Crippen molar-refractivity contribution >= 4 is 23.3 Å². The lowest BCUT2D eigenvalue weighted by atomic mass is 10.4. The van der Waals surface area contributed by atoms with Gasteiger partial charge in [-0.2, -0.15) is 0 Å². The van der Waals surface area contributed by atoms with Gasteiger partial charge < -0.3 is 10.6 Å². The zero-order chi connectivity index (χ0) is 12.8. The van der Waals surface area contributed by atoms with Gasteiger partial charge in [0.05, 0.1) is 6.54 Å². The first-order chi connectivity index (χ1) is 8.74. The fourth-order valence-corrected chi connectivity index (χ4v) is 2.09.